The number of pyridine rings is 1. The normalized spacial score (nSPS) is 10.1. The molecule has 2 aromatic rings. The molecule has 0 aliphatic rings. The number of aromatic carboxylic acids is 1. The van der Waals surface area contributed by atoms with Gasteiger partial charge in [-0.3, -0.25) is 0 Å². The molecule has 0 spiro atoms. The second-order valence-corrected chi connectivity index (χ2v) is 3.89. The molecule has 18 heavy (non-hydrogen) atoms. The summed E-state index contributed by atoms with van der Waals surface area (Å²) in [6.45, 7) is 0. The number of anilines is 2. The molecular formula is C12H8ClFN2O2. The van der Waals surface area contributed by atoms with Crippen LogP contribution in [0, 0.1) is 5.82 Å². The molecule has 0 saturated carbocycles. The molecule has 92 valence electrons. The van der Waals surface area contributed by atoms with E-state index in [1.807, 2.05) is 0 Å². The molecule has 2 N–H and O–H groups in total. The predicted octanol–water partition coefficient (Wildman–Crippen LogP) is 3.32. The number of benzene rings is 1. The summed E-state index contributed by atoms with van der Waals surface area (Å²) in [6, 6.07) is 6.78. The standard InChI is InChI=1S/C12H8ClFN2O2/c13-9-2-1-7(14)5-10(9)16-8-3-4-15-11(6-8)12(17)18/h1-6H,(H,15,16)(H,17,18). The van der Waals surface area contributed by atoms with Crippen molar-refractivity contribution in [2.45, 2.75) is 0 Å². The van der Waals surface area contributed by atoms with Gasteiger partial charge in [-0.2, -0.15) is 0 Å². The van der Waals surface area contributed by atoms with Crippen molar-refractivity contribution in [3.8, 4) is 0 Å². The van der Waals surface area contributed by atoms with Gasteiger partial charge >= 0.3 is 5.97 Å². The minimum Gasteiger partial charge on any atom is -0.477 e. The van der Waals surface area contributed by atoms with Crippen LogP contribution in [0.3, 0.4) is 0 Å². The molecule has 0 atom stereocenters. The number of carbonyl (C=O) groups is 1. The Morgan fingerprint density at radius 1 is 1.33 bits per heavy atom. The third kappa shape index (κ3) is 2.75. The van der Waals surface area contributed by atoms with Crippen molar-refractivity contribution >= 4 is 28.9 Å². The summed E-state index contributed by atoms with van der Waals surface area (Å²) in [5.41, 5.74) is 0.724. The van der Waals surface area contributed by atoms with Gasteiger partial charge in [-0.1, -0.05) is 11.6 Å². The summed E-state index contributed by atoms with van der Waals surface area (Å²) < 4.78 is 13.1. The third-order valence-corrected chi connectivity index (χ3v) is 2.52. The van der Waals surface area contributed by atoms with Gasteiger partial charge in [0.1, 0.15) is 11.5 Å². The van der Waals surface area contributed by atoms with Crippen molar-refractivity contribution in [2.75, 3.05) is 5.32 Å². The zero-order chi connectivity index (χ0) is 13.1. The first-order valence-corrected chi connectivity index (χ1v) is 5.35. The zero-order valence-corrected chi connectivity index (χ0v) is 9.78. The molecule has 0 aliphatic heterocycles. The van der Waals surface area contributed by atoms with Crippen LogP contribution in [-0.2, 0) is 0 Å². The van der Waals surface area contributed by atoms with E-state index >= 15 is 0 Å². The van der Waals surface area contributed by atoms with E-state index in [0.29, 0.717) is 16.4 Å². The molecule has 4 nitrogen and oxygen atoms in total. The minimum atomic E-state index is -1.14. The first-order valence-electron chi connectivity index (χ1n) is 4.97. The van der Waals surface area contributed by atoms with Gasteiger partial charge in [0.05, 0.1) is 10.7 Å². The Kier molecular flexibility index (Phi) is 3.43. The first-order chi connectivity index (χ1) is 8.56. The van der Waals surface area contributed by atoms with Crippen molar-refractivity contribution in [1.82, 2.24) is 4.98 Å². The lowest BCUT2D eigenvalue weighted by molar-refractivity contribution is 0.0690. The minimum absolute atomic E-state index is 0.104. The lowest BCUT2D eigenvalue weighted by atomic mass is 10.2. The summed E-state index contributed by atoms with van der Waals surface area (Å²) in [5, 5.41) is 12.0. The number of hydrogen-bond acceptors (Lipinski definition) is 3. The number of rotatable bonds is 3. The monoisotopic (exact) mass is 266 g/mol. The molecule has 1 aromatic carbocycles. The Hall–Kier alpha value is -2.14. The van der Waals surface area contributed by atoms with Gasteiger partial charge in [-0.15, -0.1) is 0 Å². The van der Waals surface area contributed by atoms with E-state index < -0.39 is 11.8 Å². The van der Waals surface area contributed by atoms with E-state index in [2.05, 4.69) is 10.3 Å². The Labute approximate surface area is 107 Å². The van der Waals surface area contributed by atoms with Crippen molar-refractivity contribution in [3.63, 3.8) is 0 Å². The van der Waals surface area contributed by atoms with E-state index in [0.717, 1.165) is 0 Å². The fraction of sp³-hybridized carbons (Fsp3) is 0. The fourth-order valence-corrected chi connectivity index (χ4v) is 1.54. The number of nitrogens with one attached hydrogen (secondary N) is 1. The molecule has 0 bridgehead atoms. The van der Waals surface area contributed by atoms with Crippen molar-refractivity contribution in [1.29, 1.82) is 0 Å². The van der Waals surface area contributed by atoms with Crippen molar-refractivity contribution in [3.05, 3.63) is 53.1 Å². The highest BCUT2D eigenvalue weighted by atomic mass is 35.5. The molecule has 0 amide bonds. The number of carboxylic acids is 1. The number of halogens is 2. The van der Waals surface area contributed by atoms with Gasteiger partial charge in [-0.25, -0.2) is 14.2 Å². The molecule has 0 radical (unpaired) electrons. The molecule has 6 heteroatoms. The maximum atomic E-state index is 13.1. The molecule has 0 saturated heterocycles. The van der Waals surface area contributed by atoms with Crippen LogP contribution >= 0.6 is 11.6 Å². The molecular weight excluding hydrogens is 259 g/mol. The molecule has 1 heterocycles. The van der Waals surface area contributed by atoms with Gasteiger partial charge in [0.2, 0.25) is 0 Å². The van der Waals surface area contributed by atoms with Crippen LogP contribution in [0.15, 0.2) is 36.5 Å². The van der Waals surface area contributed by atoms with E-state index in [1.165, 1.54) is 30.5 Å². The summed E-state index contributed by atoms with van der Waals surface area (Å²) in [7, 11) is 0. The van der Waals surface area contributed by atoms with Crippen LogP contribution in [0.1, 0.15) is 10.5 Å². The summed E-state index contributed by atoms with van der Waals surface area (Å²) in [4.78, 5) is 14.4. The SMILES string of the molecule is O=C(O)c1cc(Nc2cc(F)ccc2Cl)ccn1. The molecule has 1 aromatic heterocycles. The quantitative estimate of drug-likeness (QED) is 0.895. The van der Waals surface area contributed by atoms with Gasteiger partial charge in [-0.05, 0) is 30.3 Å². The number of aromatic nitrogens is 1. The van der Waals surface area contributed by atoms with Crippen LogP contribution in [-0.4, -0.2) is 16.1 Å². The van der Waals surface area contributed by atoms with E-state index in [4.69, 9.17) is 16.7 Å². The number of carboxylic acid groups (broad SMARTS) is 1. The highest BCUT2D eigenvalue weighted by molar-refractivity contribution is 6.33. The summed E-state index contributed by atoms with van der Waals surface area (Å²) >= 11 is 5.89. The first kappa shape index (κ1) is 12.3. The smallest absolute Gasteiger partial charge is 0.354 e. The maximum absolute atomic E-state index is 13.1. The molecule has 0 unspecified atom stereocenters. The Bertz CT molecular complexity index is 604. The molecule has 0 aliphatic carbocycles. The van der Waals surface area contributed by atoms with Crippen LogP contribution in [0.5, 0.6) is 0 Å². The largest absolute Gasteiger partial charge is 0.477 e. The average molecular weight is 267 g/mol. The van der Waals surface area contributed by atoms with Gasteiger partial charge in [0.25, 0.3) is 0 Å². The van der Waals surface area contributed by atoms with E-state index in [-0.39, 0.29) is 5.69 Å². The van der Waals surface area contributed by atoms with E-state index in [1.54, 1.807) is 6.07 Å². The fourth-order valence-electron chi connectivity index (χ4n) is 1.37. The topological polar surface area (TPSA) is 62.2 Å². The molecule has 0 fully saturated rings. The Morgan fingerprint density at radius 2 is 2.11 bits per heavy atom. The summed E-state index contributed by atoms with van der Waals surface area (Å²) in [5.74, 6) is -1.57. The van der Waals surface area contributed by atoms with Gasteiger partial charge in [0.15, 0.2) is 0 Å². The number of nitrogens with zero attached hydrogens (tertiary/aromatic N) is 1. The van der Waals surface area contributed by atoms with E-state index in [9.17, 15) is 9.18 Å². The van der Waals surface area contributed by atoms with Crippen LogP contribution in [0.4, 0.5) is 15.8 Å². The average Bonchev–Trinajstić information content (AvgIpc) is 2.34. The highest BCUT2D eigenvalue weighted by Crippen LogP contribution is 2.26. The second kappa shape index (κ2) is 5.01. The Balaban J connectivity index is 2.31. The number of hydrogen-bond donors (Lipinski definition) is 2. The van der Waals surface area contributed by atoms with Gasteiger partial charge < -0.3 is 10.4 Å². The molecule has 2 rings (SSSR count). The summed E-state index contributed by atoms with van der Waals surface area (Å²) in [6.07, 6.45) is 1.35. The maximum Gasteiger partial charge on any atom is 0.354 e. The second-order valence-electron chi connectivity index (χ2n) is 3.48. The Morgan fingerprint density at radius 3 is 2.83 bits per heavy atom. The lowest BCUT2D eigenvalue weighted by Crippen LogP contribution is -2.01. The van der Waals surface area contributed by atoms with Crippen LogP contribution in [0.2, 0.25) is 5.02 Å². The van der Waals surface area contributed by atoms with Crippen molar-refractivity contribution in [2.24, 2.45) is 0 Å². The predicted molar refractivity (Wildman–Crippen MR) is 65.9 cm³/mol. The lowest BCUT2D eigenvalue weighted by Gasteiger charge is -2.08. The zero-order valence-electron chi connectivity index (χ0n) is 9.02. The van der Waals surface area contributed by atoms with Crippen LogP contribution < -0.4 is 5.32 Å². The van der Waals surface area contributed by atoms with Crippen LogP contribution in [0.25, 0.3) is 0 Å². The highest BCUT2D eigenvalue weighted by Gasteiger charge is 2.07. The third-order valence-electron chi connectivity index (χ3n) is 2.19. The van der Waals surface area contributed by atoms with Crippen molar-refractivity contribution < 1.29 is 14.3 Å². The van der Waals surface area contributed by atoms with Gasteiger partial charge in [0, 0.05) is 11.9 Å².